The lowest BCUT2D eigenvalue weighted by Crippen LogP contribution is -2.37. The maximum Gasteiger partial charge on any atom is 0.146 e. The van der Waals surface area contributed by atoms with Gasteiger partial charge < -0.3 is 25.8 Å². The van der Waals surface area contributed by atoms with Gasteiger partial charge in [0.2, 0.25) is 0 Å². The molecule has 0 amide bonds. The normalized spacial score (nSPS) is 25.4. The minimum absolute atomic E-state index is 0.0644. The van der Waals surface area contributed by atoms with Gasteiger partial charge in [-0.2, -0.15) is 0 Å². The van der Waals surface area contributed by atoms with Gasteiger partial charge in [0.1, 0.15) is 28.9 Å². The van der Waals surface area contributed by atoms with E-state index in [4.69, 9.17) is 10.7 Å². The predicted molar refractivity (Wildman–Crippen MR) is 137 cm³/mol. The van der Waals surface area contributed by atoms with E-state index in [1.54, 1.807) is 11.3 Å². The summed E-state index contributed by atoms with van der Waals surface area (Å²) in [6.45, 7) is 1.93. The summed E-state index contributed by atoms with van der Waals surface area (Å²) in [5, 5.41) is 29.2. The van der Waals surface area contributed by atoms with E-state index in [1.165, 1.54) is 11.9 Å². The van der Waals surface area contributed by atoms with Crippen molar-refractivity contribution in [2.75, 3.05) is 18.8 Å². The Morgan fingerprint density at radius 3 is 2.69 bits per heavy atom. The number of aliphatic hydroxyl groups excluding tert-OH is 2. The van der Waals surface area contributed by atoms with Crippen molar-refractivity contribution in [2.45, 2.75) is 43.9 Å². The van der Waals surface area contributed by atoms with Gasteiger partial charge in [0.15, 0.2) is 0 Å². The van der Waals surface area contributed by atoms with E-state index in [2.05, 4.69) is 32.8 Å². The number of hydrogen-bond acceptors (Lipinski definition) is 8. The fraction of sp³-hybridized carbons (Fsp3) is 0.423. The highest BCUT2D eigenvalue weighted by Crippen LogP contribution is 2.45. The number of piperidine rings is 1. The minimum Gasteiger partial charge on any atom is -0.390 e. The second kappa shape index (κ2) is 9.31. The summed E-state index contributed by atoms with van der Waals surface area (Å²) in [4.78, 5) is 13.7. The highest BCUT2D eigenvalue weighted by atomic mass is 32.1. The molecule has 1 aromatic carbocycles. The van der Waals surface area contributed by atoms with Crippen molar-refractivity contribution in [1.82, 2.24) is 24.8 Å². The van der Waals surface area contributed by atoms with Gasteiger partial charge in [-0.1, -0.05) is 30.3 Å². The van der Waals surface area contributed by atoms with Gasteiger partial charge >= 0.3 is 0 Å². The minimum atomic E-state index is -0.862. The SMILES string of the molecule is Nc1ncnc2c1c(-c1nc(Cc3ccccc3)cs1)cn2[C@@H]1C[C@H](C2CCNCC2)[C@@H](O)[C@H]1O. The molecule has 1 aliphatic carbocycles. The maximum absolute atomic E-state index is 11.1. The predicted octanol–water partition coefficient (Wildman–Crippen LogP) is 3.01. The number of fused-ring (bicyclic) bond motifs is 1. The zero-order valence-electron chi connectivity index (χ0n) is 19.4. The Labute approximate surface area is 207 Å². The van der Waals surface area contributed by atoms with Crippen LogP contribution >= 0.6 is 11.3 Å². The lowest BCUT2D eigenvalue weighted by atomic mass is 9.82. The Balaban J connectivity index is 1.36. The van der Waals surface area contributed by atoms with Crippen LogP contribution in [0.25, 0.3) is 21.6 Å². The number of thiazole rings is 1. The van der Waals surface area contributed by atoms with Crippen LogP contribution in [0.2, 0.25) is 0 Å². The van der Waals surface area contributed by atoms with Crippen LogP contribution in [0.15, 0.2) is 48.2 Å². The van der Waals surface area contributed by atoms with Gasteiger partial charge in [-0.25, -0.2) is 15.0 Å². The molecular weight excluding hydrogens is 460 g/mol. The molecule has 0 unspecified atom stereocenters. The highest BCUT2D eigenvalue weighted by Gasteiger charge is 2.46. The molecule has 182 valence electrons. The van der Waals surface area contributed by atoms with E-state index in [1.807, 2.05) is 29.0 Å². The third-order valence-electron chi connectivity index (χ3n) is 7.69. The van der Waals surface area contributed by atoms with Crippen molar-refractivity contribution in [3.8, 4) is 10.6 Å². The molecular formula is C26H30N6O2S. The average Bonchev–Trinajstić information content (AvgIpc) is 3.58. The van der Waals surface area contributed by atoms with Gasteiger partial charge in [0.25, 0.3) is 0 Å². The number of aliphatic hydroxyl groups is 2. The lowest BCUT2D eigenvalue weighted by molar-refractivity contribution is -0.00767. The highest BCUT2D eigenvalue weighted by molar-refractivity contribution is 7.13. The molecule has 5 N–H and O–H groups in total. The molecule has 35 heavy (non-hydrogen) atoms. The standard InChI is InChI=1S/C26H30N6O2S/c27-24-21-19(26-31-17(13-35-26)10-15-4-2-1-3-5-15)12-32(25(21)30-14-29-24)20-11-18(22(33)23(20)34)16-6-8-28-9-7-16/h1-5,12-14,16,18,20,22-23,28,33-34H,6-11H2,(H2,27,29,30)/t18-,20-,22-,23+/m1/s1. The van der Waals surface area contributed by atoms with Crippen LogP contribution in [-0.2, 0) is 6.42 Å². The second-order valence-corrected chi connectivity index (χ2v) is 10.6. The van der Waals surface area contributed by atoms with Gasteiger partial charge in [-0.3, -0.25) is 0 Å². The second-order valence-electron chi connectivity index (χ2n) is 9.75. The fourth-order valence-electron chi connectivity index (χ4n) is 5.90. The summed E-state index contributed by atoms with van der Waals surface area (Å²) >= 11 is 1.57. The van der Waals surface area contributed by atoms with E-state index in [0.29, 0.717) is 23.8 Å². The third-order valence-corrected chi connectivity index (χ3v) is 8.62. The quantitative estimate of drug-likeness (QED) is 0.339. The number of anilines is 1. The molecule has 0 bridgehead atoms. The number of hydrogen-bond donors (Lipinski definition) is 4. The summed E-state index contributed by atoms with van der Waals surface area (Å²) < 4.78 is 2.00. The lowest BCUT2D eigenvalue weighted by Gasteiger charge is -2.30. The van der Waals surface area contributed by atoms with E-state index in [0.717, 1.165) is 54.0 Å². The number of aromatic nitrogens is 4. The molecule has 1 saturated heterocycles. The average molecular weight is 491 g/mol. The number of rotatable bonds is 5. The zero-order chi connectivity index (χ0) is 23.9. The zero-order valence-corrected chi connectivity index (χ0v) is 20.2. The van der Waals surface area contributed by atoms with Crippen molar-refractivity contribution in [3.63, 3.8) is 0 Å². The van der Waals surface area contributed by atoms with Gasteiger partial charge in [0.05, 0.1) is 23.2 Å². The summed E-state index contributed by atoms with van der Waals surface area (Å²) in [5.74, 6) is 0.868. The number of nitrogen functional groups attached to an aromatic ring is 1. The largest absolute Gasteiger partial charge is 0.390 e. The molecule has 4 heterocycles. The Bertz CT molecular complexity index is 1320. The maximum atomic E-state index is 11.1. The third kappa shape index (κ3) is 4.12. The Hall–Kier alpha value is -2.85. The monoisotopic (exact) mass is 490 g/mol. The van der Waals surface area contributed by atoms with Crippen molar-refractivity contribution in [1.29, 1.82) is 0 Å². The summed E-state index contributed by atoms with van der Waals surface area (Å²) in [6.07, 6.45) is 5.36. The molecule has 8 nitrogen and oxygen atoms in total. The summed E-state index contributed by atoms with van der Waals surface area (Å²) in [5.41, 5.74) is 10.1. The van der Waals surface area contributed by atoms with Crippen LogP contribution in [0.3, 0.4) is 0 Å². The molecule has 9 heteroatoms. The molecule has 1 aliphatic heterocycles. The molecule has 1 saturated carbocycles. The Morgan fingerprint density at radius 2 is 1.89 bits per heavy atom. The van der Waals surface area contributed by atoms with Crippen LogP contribution in [-0.4, -0.2) is 55.0 Å². The van der Waals surface area contributed by atoms with Gasteiger partial charge in [0, 0.05) is 23.6 Å². The van der Waals surface area contributed by atoms with Gasteiger partial charge in [-0.15, -0.1) is 11.3 Å². The van der Waals surface area contributed by atoms with Crippen LogP contribution in [0.1, 0.15) is 36.6 Å². The van der Waals surface area contributed by atoms with Gasteiger partial charge in [-0.05, 0) is 49.8 Å². The molecule has 6 rings (SSSR count). The van der Waals surface area contributed by atoms with E-state index >= 15 is 0 Å². The first-order valence-electron chi connectivity index (χ1n) is 12.3. The molecule has 2 aliphatic rings. The summed E-state index contributed by atoms with van der Waals surface area (Å²) in [6, 6.07) is 10.0. The van der Waals surface area contributed by atoms with E-state index in [-0.39, 0.29) is 12.0 Å². The topological polar surface area (TPSA) is 122 Å². The number of nitrogens with one attached hydrogen (secondary N) is 1. The van der Waals surface area contributed by atoms with Crippen LogP contribution < -0.4 is 11.1 Å². The molecule has 4 atom stereocenters. The number of nitrogens with two attached hydrogens (primary N) is 1. The van der Waals surface area contributed by atoms with E-state index in [9.17, 15) is 10.2 Å². The van der Waals surface area contributed by atoms with Crippen LogP contribution in [0.5, 0.6) is 0 Å². The Morgan fingerprint density at radius 1 is 1.09 bits per heavy atom. The first-order chi connectivity index (χ1) is 17.1. The van der Waals surface area contributed by atoms with Crippen molar-refractivity contribution in [3.05, 3.63) is 59.5 Å². The molecule has 2 fully saturated rings. The Kier molecular flexibility index (Phi) is 6.01. The van der Waals surface area contributed by atoms with Crippen LogP contribution in [0, 0.1) is 11.8 Å². The fourth-order valence-corrected chi connectivity index (χ4v) is 6.74. The van der Waals surface area contributed by atoms with Crippen molar-refractivity contribution >= 4 is 28.2 Å². The molecule has 0 spiro atoms. The van der Waals surface area contributed by atoms with E-state index < -0.39 is 12.2 Å². The molecule has 3 aromatic heterocycles. The summed E-state index contributed by atoms with van der Waals surface area (Å²) in [7, 11) is 0. The number of nitrogens with zero attached hydrogens (tertiary/aromatic N) is 4. The smallest absolute Gasteiger partial charge is 0.146 e. The first-order valence-corrected chi connectivity index (χ1v) is 13.1. The number of benzene rings is 1. The molecule has 4 aromatic rings. The van der Waals surface area contributed by atoms with Crippen LogP contribution in [0.4, 0.5) is 5.82 Å². The van der Waals surface area contributed by atoms with Crippen molar-refractivity contribution in [2.24, 2.45) is 11.8 Å². The first kappa shape index (κ1) is 22.6. The molecule has 0 radical (unpaired) electrons. The van der Waals surface area contributed by atoms with Crippen molar-refractivity contribution < 1.29 is 10.2 Å².